The van der Waals surface area contributed by atoms with Gasteiger partial charge in [0.15, 0.2) is 0 Å². The van der Waals surface area contributed by atoms with Crippen molar-refractivity contribution in [1.29, 1.82) is 0 Å². The van der Waals surface area contributed by atoms with E-state index in [4.69, 9.17) is 14.6 Å². The lowest BCUT2D eigenvalue weighted by molar-refractivity contribution is 0.102. The molecule has 3 aromatic carbocycles. The third-order valence-corrected chi connectivity index (χ3v) is 4.67. The number of hydrogen-bond donors (Lipinski definition) is 1. The third kappa shape index (κ3) is 3.89. The number of carbonyl (C=O) groups excluding carboxylic acids is 1. The molecule has 0 saturated carbocycles. The summed E-state index contributed by atoms with van der Waals surface area (Å²) in [7, 11) is 3.19. The number of methoxy groups -OCH3 is 2. The summed E-state index contributed by atoms with van der Waals surface area (Å²) in [6.45, 7) is 0. The van der Waals surface area contributed by atoms with Crippen LogP contribution in [0.3, 0.4) is 0 Å². The highest BCUT2D eigenvalue weighted by Gasteiger charge is 2.21. The Kier molecular flexibility index (Phi) is 5.48. The van der Waals surface area contributed by atoms with Crippen LogP contribution in [0.1, 0.15) is 10.4 Å². The van der Waals surface area contributed by atoms with Gasteiger partial charge in [0.25, 0.3) is 5.91 Å². The van der Waals surface area contributed by atoms with Crippen LogP contribution in [0, 0.1) is 0 Å². The van der Waals surface area contributed by atoms with Gasteiger partial charge in [-0.1, -0.05) is 36.4 Å². The molecule has 4 aromatic rings. The minimum Gasteiger partial charge on any atom is -0.497 e. The molecule has 0 fully saturated rings. The smallest absolute Gasteiger partial charge is 0.259 e. The van der Waals surface area contributed by atoms with E-state index >= 15 is 0 Å². The van der Waals surface area contributed by atoms with E-state index in [1.165, 1.54) is 0 Å². The zero-order valence-corrected chi connectivity index (χ0v) is 16.7. The Bertz CT molecular complexity index is 1170. The zero-order valence-electron chi connectivity index (χ0n) is 16.7. The number of para-hydroxylation sites is 2. The molecule has 0 spiro atoms. The van der Waals surface area contributed by atoms with Crippen molar-refractivity contribution in [2.75, 3.05) is 19.5 Å². The topological polar surface area (TPSA) is 65.4 Å². The maximum Gasteiger partial charge on any atom is 0.259 e. The molecule has 150 valence electrons. The fraction of sp³-hybridized carbons (Fsp3) is 0.0833. The van der Waals surface area contributed by atoms with Gasteiger partial charge in [0.05, 0.1) is 25.5 Å². The first kappa shape index (κ1) is 19.3. The quantitative estimate of drug-likeness (QED) is 0.505. The summed E-state index contributed by atoms with van der Waals surface area (Å²) in [6.07, 6.45) is 1.73. The van der Waals surface area contributed by atoms with E-state index in [0.29, 0.717) is 28.4 Å². The van der Waals surface area contributed by atoms with Crippen LogP contribution in [0.25, 0.3) is 16.9 Å². The van der Waals surface area contributed by atoms with E-state index in [1.54, 1.807) is 31.2 Å². The number of amides is 1. The number of benzene rings is 3. The molecule has 0 atom stereocenters. The zero-order chi connectivity index (χ0) is 20.9. The van der Waals surface area contributed by atoms with Crippen molar-refractivity contribution in [1.82, 2.24) is 9.78 Å². The molecule has 0 unspecified atom stereocenters. The summed E-state index contributed by atoms with van der Waals surface area (Å²) >= 11 is 0. The first-order chi connectivity index (χ1) is 14.7. The predicted molar refractivity (Wildman–Crippen MR) is 116 cm³/mol. The molecule has 1 heterocycles. The van der Waals surface area contributed by atoms with Crippen molar-refractivity contribution in [2.45, 2.75) is 0 Å². The van der Waals surface area contributed by atoms with Gasteiger partial charge >= 0.3 is 0 Å². The number of nitrogens with one attached hydrogen (secondary N) is 1. The Balaban J connectivity index is 1.78. The lowest BCUT2D eigenvalue weighted by atomic mass is 10.1. The van der Waals surface area contributed by atoms with Crippen LogP contribution in [0.15, 0.2) is 85.1 Å². The van der Waals surface area contributed by atoms with Crippen LogP contribution in [0.2, 0.25) is 0 Å². The number of nitrogens with zero attached hydrogens (tertiary/aromatic N) is 2. The number of hydrogen-bond acceptors (Lipinski definition) is 4. The number of rotatable bonds is 6. The standard InChI is InChI=1S/C24H21N3O3/c1-29-19-12-8-9-17(15-19)25-24(28)21-16-27(18-10-4-3-5-11-18)26-23(21)20-13-6-7-14-22(20)30-2/h3-16H,1-2H3,(H,25,28). The minimum absolute atomic E-state index is 0.272. The van der Waals surface area contributed by atoms with E-state index in [1.807, 2.05) is 72.8 Å². The molecule has 4 rings (SSSR count). The van der Waals surface area contributed by atoms with Crippen LogP contribution in [-0.4, -0.2) is 29.9 Å². The molecule has 0 aliphatic heterocycles. The van der Waals surface area contributed by atoms with Crippen molar-refractivity contribution < 1.29 is 14.3 Å². The molecule has 0 radical (unpaired) electrons. The van der Waals surface area contributed by atoms with Crippen LogP contribution in [0.4, 0.5) is 5.69 Å². The molecule has 0 bridgehead atoms. The Labute approximate surface area is 174 Å². The third-order valence-electron chi connectivity index (χ3n) is 4.67. The van der Waals surface area contributed by atoms with E-state index in [9.17, 15) is 4.79 Å². The summed E-state index contributed by atoms with van der Waals surface area (Å²) in [6, 6.07) is 24.4. The molecular formula is C24H21N3O3. The molecule has 1 amide bonds. The van der Waals surface area contributed by atoms with Gasteiger partial charge < -0.3 is 14.8 Å². The summed E-state index contributed by atoms with van der Waals surface area (Å²) in [5.74, 6) is 1.04. The summed E-state index contributed by atoms with van der Waals surface area (Å²) in [5, 5.41) is 7.64. The lowest BCUT2D eigenvalue weighted by Crippen LogP contribution is -2.12. The van der Waals surface area contributed by atoms with Crippen molar-refractivity contribution in [3.8, 4) is 28.4 Å². The molecule has 6 heteroatoms. The van der Waals surface area contributed by atoms with Crippen LogP contribution < -0.4 is 14.8 Å². The highest BCUT2D eigenvalue weighted by molar-refractivity contribution is 6.08. The summed E-state index contributed by atoms with van der Waals surface area (Å²) in [4.78, 5) is 13.2. The monoisotopic (exact) mass is 399 g/mol. The Morgan fingerprint density at radius 3 is 2.43 bits per heavy atom. The van der Waals surface area contributed by atoms with Gasteiger partial charge in [-0.25, -0.2) is 4.68 Å². The summed E-state index contributed by atoms with van der Waals surface area (Å²) < 4.78 is 12.4. The maximum atomic E-state index is 13.2. The van der Waals surface area contributed by atoms with Gasteiger partial charge in [-0.15, -0.1) is 0 Å². The second-order valence-electron chi connectivity index (χ2n) is 6.56. The fourth-order valence-electron chi connectivity index (χ4n) is 3.19. The second-order valence-corrected chi connectivity index (χ2v) is 6.56. The highest BCUT2D eigenvalue weighted by atomic mass is 16.5. The van der Waals surface area contributed by atoms with E-state index in [0.717, 1.165) is 11.3 Å². The number of anilines is 1. The first-order valence-electron chi connectivity index (χ1n) is 9.43. The van der Waals surface area contributed by atoms with Gasteiger partial charge in [-0.2, -0.15) is 5.10 Å². The molecule has 0 saturated heterocycles. The van der Waals surface area contributed by atoms with Crippen LogP contribution >= 0.6 is 0 Å². The second kappa shape index (κ2) is 8.53. The largest absolute Gasteiger partial charge is 0.497 e. The predicted octanol–water partition coefficient (Wildman–Crippen LogP) is 4.81. The Morgan fingerprint density at radius 1 is 0.900 bits per heavy atom. The molecule has 1 aromatic heterocycles. The molecule has 0 aliphatic rings. The molecular weight excluding hydrogens is 378 g/mol. The van der Waals surface area contributed by atoms with Crippen LogP contribution in [-0.2, 0) is 0 Å². The molecule has 6 nitrogen and oxygen atoms in total. The molecule has 30 heavy (non-hydrogen) atoms. The van der Waals surface area contributed by atoms with E-state index in [-0.39, 0.29) is 5.91 Å². The molecule has 1 N–H and O–H groups in total. The van der Waals surface area contributed by atoms with Gasteiger partial charge in [0, 0.05) is 23.5 Å². The van der Waals surface area contributed by atoms with Gasteiger partial charge in [-0.05, 0) is 36.4 Å². The van der Waals surface area contributed by atoms with Crippen LogP contribution in [0.5, 0.6) is 11.5 Å². The number of carbonyl (C=O) groups is 1. The summed E-state index contributed by atoms with van der Waals surface area (Å²) in [5.41, 5.74) is 3.21. The van der Waals surface area contributed by atoms with Crippen molar-refractivity contribution in [3.63, 3.8) is 0 Å². The lowest BCUT2D eigenvalue weighted by Gasteiger charge is -2.09. The number of aromatic nitrogens is 2. The first-order valence-corrected chi connectivity index (χ1v) is 9.43. The normalized spacial score (nSPS) is 10.5. The van der Waals surface area contributed by atoms with Gasteiger partial charge in [0.1, 0.15) is 17.2 Å². The molecule has 0 aliphatic carbocycles. The van der Waals surface area contributed by atoms with Crippen molar-refractivity contribution in [3.05, 3.63) is 90.6 Å². The number of ether oxygens (including phenoxy) is 2. The average Bonchev–Trinajstić information content (AvgIpc) is 3.25. The van der Waals surface area contributed by atoms with Crippen molar-refractivity contribution in [2.24, 2.45) is 0 Å². The van der Waals surface area contributed by atoms with E-state index in [2.05, 4.69) is 5.32 Å². The average molecular weight is 399 g/mol. The van der Waals surface area contributed by atoms with Crippen molar-refractivity contribution >= 4 is 11.6 Å². The van der Waals surface area contributed by atoms with E-state index < -0.39 is 0 Å². The Hall–Kier alpha value is -4.06. The highest BCUT2D eigenvalue weighted by Crippen LogP contribution is 2.32. The maximum absolute atomic E-state index is 13.2. The minimum atomic E-state index is -0.272. The van der Waals surface area contributed by atoms with Gasteiger partial charge in [-0.3, -0.25) is 4.79 Å². The SMILES string of the molecule is COc1cccc(NC(=O)c2cn(-c3ccccc3)nc2-c2ccccc2OC)c1. The Morgan fingerprint density at radius 2 is 1.67 bits per heavy atom. The van der Waals surface area contributed by atoms with Gasteiger partial charge in [0.2, 0.25) is 0 Å². The fourth-order valence-corrected chi connectivity index (χ4v) is 3.19.